The second-order valence-electron chi connectivity index (χ2n) is 10.9. The summed E-state index contributed by atoms with van der Waals surface area (Å²) in [4.78, 5) is 43.7. The Morgan fingerprint density at radius 1 is 1.18 bits per heavy atom. The first-order valence-corrected chi connectivity index (χ1v) is 13.1. The number of rotatable bonds is 5. The fourth-order valence-electron chi connectivity index (χ4n) is 6.98. The standard InChI is InChI=1S/C28H36N4O7/c1-11-7-14-8-17-28(37)32-16(21(31(17)4)19(14)23(34)25(11)38-5)9-15-20(18(32)10-30-27(36)13(3)29)24(35)26(39-6)12(2)22(15)33/h7,13,16-18,21,28,34,37H,8-10,29H2,1-6H3,(H,30,36)/t13?,16-,17-,18-,21-,28-/m0/s1. The Balaban J connectivity index is 1.69. The molecule has 1 unspecified atom stereocenters. The van der Waals surface area contributed by atoms with Crippen LogP contribution in [0.1, 0.15) is 43.0 Å². The third-order valence-electron chi connectivity index (χ3n) is 8.78. The fourth-order valence-corrected chi connectivity index (χ4v) is 6.98. The Hall–Kier alpha value is -3.25. The number of carbonyl (C=O) groups is 3. The molecule has 1 aromatic carbocycles. The van der Waals surface area contributed by atoms with Gasteiger partial charge >= 0.3 is 0 Å². The van der Waals surface area contributed by atoms with Gasteiger partial charge < -0.3 is 30.7 Å². The number of benzene rings is 1. The molecule has 2 bridgehead atoms. The zero-order valence-corrected chi connectivity index (χ0v) is 23.1. The highest BCUT2D eigenvalue weighted by molar-refractivity contribution is 6.25. The van der Waals surface area contributed by atoms with Crippen molar-refractivity contribution in [1.29, 1.82) is 0 Å². The smallest absolute Gasteiger partial charge is 0.236 e. The number of phenols is 1. The predicted octanol–water partition coefficient (Wildman–Crippen LogP) is 0.214. The minimum Gasteiger partial charge on any atom is -0.504 e. The number of hydrogen-bond donors (Lipinski definition) is 4. The first-order chi connectivity index (χ1) is 18.4. The Labute approximate surface area is 227 Å². The van der Waals surface area contributed by atoms with E-state index in [0.29, 0.717) is 23.3 Å². The molecule has 1 amide bonds. The molecule has 0 saturated carbocycles. The number of nitrogens with zero attached hydrogens (tertiary/aromatic N) is 2. The summed E-state index contributed by atoms with van der Waals surface area (Å²) in [7, 11) is 4.74. The van der Waals surface area contributed by atoms with E-state index in [1.807, 2.05) is 29.8 Å². The van der Waals surface area contributed by atoms with Gasteiger partial charge in [-0.15, -0.1) is 0 Å². The molecule has 1 aromatic rings. The second kappa shape index (κ2) is 9.74. The molecule has 3 heterocycles. The molecule has 11 heteroatoms. The Kier molecular flexibility index (Phi) is 6.82. The van der Waals surface area contributed by atoms with Gasteiger partial charge in [-0.2, -0.15) is 0 Å². The van der Waals surface area contributed by atoms with Crippen molar-refractivity contribution in [3.63, 3.8) is 0 Å². The van der Waals surface area contributed by atoms with Gasteiger partial charge in [-0.05, 0) is 51.8 Å². The third kappa shape index (κ3) is 3.90. The predicted molar refractivity (Wildman–Crippen MR) is 141 cm³/mol. The van der Waals surface area contributed by atoms with Crippen molar-refractivity contribution in [3.8, 4) is 11.5 Å². The maximum atomic E-state index is 13.7. The molecule has 5 N–H and O–H groups in total. The maximum absolute atomic E-state index is 13.7. The average molecular weight is 541 g/mol. The number of methoxy groups -OCH3 is 2. The van der Waals surface area contributed by atoms with E-state index in [4.69, 9.17) is 15.2 Å². The number of carbonyl (C=O) groups excluding carboxylic acids is 3. The lowest BCUT2D eigenvalue weighted by Crippen LogP contribution is -2.71. The summed E-state index contributed by atoms with van der Waals surface area (Å²) in [5.41, 5.74) is 8.92. The molecule has 0 spiro atoms. The van der Waals surface area contributed by atoms with Crippen molar-refractivity contribution in [3.05, 3.63) is 45.2 Å². The SMILES string of the molecule is COC1=C(C)C(=O)C2=C(C1=O)[C@H](CNC(=O)C(C)N)N1[C@@H](O)[C@@H]3Cc4cc(C)c(OC)c(O)c4[C@H]([C@@H]1C2)N3C. The number of aliphatic hydroxyl groups excluding tert-OH is 1. The molecule has 1 aliphatic carbocycles. The van der Waals surface area contributed by atoms with E-state index in [1.165, 1.54) is 14.2 Å². The summed E-state index contributed by atoms with van der Waals surface area (Å²) in [6, 6.07) is -0.912. The topological polar surface area (TPSA) is 155 Å². The van der Waals surface area contributed by atoms with Crippen LogP contribution in [0.3, 0.4) is 0 Å². The van der Waals surface area contributed by atoms with Crippen molar-refractivity contribution in [1.82, 2.24) is 15.1 Å². The Bertz CT molecular complexity index is 1330. The van der Waals surface area contributed by atoms with Crippen LogP contribution in [-0.2, 0) is 25.5 Å². The van der Waals surface area contributed by atoms with Crippen LogP contribution in [0.4, 0.5) is 0 Å². The molecule has 4 aliphatic rings. The van der Waals surface area contributed by atoms with Crippen molar-refractivity contribution in [2.45, 2.75) is 70.0 Å². The monoisotopic (exact) mass is 540 g/mol. The molecule has 0 aromatic heterocycles. The molecule has 1 fully saturated rings. The number of hydrogen-bond acceptors (Lipinski definition) is 10. The van der Waals surface area contributed by atoms with Crippen LogP contribution in [-0.4, -0.2) is 95.7 Å². The molecule has 210 valence electrons. The number of piperazine rings is 1. The van der Waals surface area contributed by atoms with E-state index < -0.39 is 42.1 Å². The zero-order valence-electron chi connectivity index (χ0n) is 23.1. The summed E-state index contributed by atoms with van der Waals surface area (Å²) < 4.78 is 10.8. The van der Waals surface area contributed by atoms with Crippen molar-refractivity contribution < 1.29 is 34.1 Å². The van der Waals surface area contributed by atoms with Gasteiger partial charge in [-0.25, -0.2) is 0 Å². The van der Waals surface area contributed by atoms with E-state index >= 15 is 0 Å². The fraction of sp³-hybridized carbons (Fsp3) is 0.536. The van der Waals surface area contributed by atoms with E-state index in [0.717, 1.165) is 11.1 Å². The number of aliphatic hydroxyl groups is 1. The number of nitrogens with two attached hydrogens (primary N) is 1. The normalized spacial score (nSPS) is 29.5. The van der Waals surface area contributed by atoms with Crippen molar-refractivity contribution in [2.75, 3.05) is 27.8 Å². The second-order valence-corrected chi connectivity index (χ2v) is 10.9. The lowest BCUT2D eigenvalue weighted by Gasteiger charge is -2.60. The zero-order chi connectivity index (χ0) is 28.5. The summed E-state index contributed by atoms with van der Waals surface area (Å²) in [6.07, 6.45) is -0.411. The highest BCUT2D eigenvalue weighted by Crippen LogP contribution is 2.53. The van der Waals surface area contributed by atoms with Gasteiger partial charge in [0.2, 0.25) is 11.7 Å². The minimum atomic E-state index is -1.03. The van der Waals surface area contributed by atoms with Gasteiger partial charge in [0, 0.05) is 34.9 Å². The van der Waals surface area contributed by atoms with Gasteiger partial charge in [-0.1, -0.05) is 6.07 Å². The van der Waals surface area contributed by atoms with Gasteiger partial charge in [0.15, 0.2) is 23.0 Å². The first-order valence-electron chi connectivity index (χ1n) is 13.1. The average Bonchev–Trinajstić information content (AvgIpc) is 2.88. The summed E-state index contributed by atoms with van der Waals surface area (Å²) in [5.74, 6) is -0.774. The van der Waals surface area contributed by atoms with Crippen molar-refractivity contribution in [2.24, 2.45) is 5.73 Å². The van der Waals surface area contributed by atoms with Crippen LogP contribution in [0.25, 0.3) is 0 Å². The largest absolute Gasteiger partial charge is 0.504 e. The minimum absolute atomic E-state index is 0.0320. The number of allylic oxidation sites excluding steroid dienone is 2. The highest BCUT2D eigenvalue weighted by Gasteiger charge is 2.57. The van der Waals surface area contributed by atoms with Crippen LogP contribution in [0.5, 0.6) is 11.5 Å². The van der Waals surface area contributed by atoms with Crippen LogP contribution >= 0.6 is 0 Å². The summed E-state index contributed by atoms with van der Waals surface area (Å²) >= 11 is 0. The number of likely N-dealkylation sites (N-methyl/N-ethyl adjacent to an activating group) is 1. The van der Waals surface area contributed by atoms with Crippen LogP contribution < -0.4 is 15.8 Å². The molecule has 3 aliphatic heterocycles. The van der Waals surface area contributed by atoms with Crippen LogP contribution in [0.2, 0.25) is 0 Å². The van der Waals surface area contributed by atoms with E-state index in [-0.39, 0.29) is 47.4 Å². The molecular formula is C28H36N4O7. The van der Waals surface area contributed by atoms with Crippen LogP contribution in [0, 0.1) is 6.92 Å². The third-order valence-corrected chi connectivity index (χ3v) is 8.78. The number of aromatic hydroxyl groups is 1. The number of fused-ring (bicyclic) bond motifs is 6. The van der Waals surface area contributed by atoms with E-state index in [1.54, 1.807) is 13.8 Å². The van der Waals surface area contributed by atoms with Gasteiger partial charge in [0.05, 0.1) is 38.4 Å². The highest BCUT2D eigenvalue weighted by atomic mass is 16.5. The van der Waals surface area contributed by atoms with Gasteiger partial charge in [-0.3, -0.25) is 24.2 Å². The first kappa shape index (κ1) is 27.3. The molecule has 6 atom stereocenters. The maximum Gasteiger partial charge on any atom is 0.236 e. The van der Waals surface area contributed by atoms with E-state index in [9.17, 15) is 24.6 Å². The van der Waals surface area contributed by atoms with Gasteiger partial charge in [0.25, 0.3) is 0 Å². The van der Waals surface area contributed by atoms with Crippen molar-refractivity contribution >= 4 is 17.5 Å². The number of amides is 1. The number of Topliss-reactive ketones (excluding diaryl/α,β-unsaturated/α-hetero) is 2. The molecule has 5 rings (SSSR count). The summed E-state index contributed by atoms with van der Waals surface area (Å²) in [5, 5.41) is 26.0. The molecular weight excluding hydrogens is 504 g/mol. The lowest BCUT2D eigenvalue weighted by molar-refractivity contribution is -0.167. The Morgan fingerprint density at radius 3 is 2.49 bits per heavy atom. The molecule has 1 saturated heterocycles. The number of aryl methyl sites for hydroxylation is 1. The number of ether oxygens (including phenoxy) is 2. The number of nitrogens with one attached hydrogen (secondary N) is 1. The summed E-state index contributed by atoms with van der Waals surface area (Å²) in [6.45, 7) is 4.94. The number of ketones is 2. The molecule has 39 heavy (non-hydrogen) atoms. The molecule has 0 radical (unpaired) electrons. The van der Waals surface area contributed by atoms with Gasteiger partial charge in [0.1, 0.15) is 6.23 Å². The van der Waals surface area contributed by atoms with E-state index in [2.05, 4.69) is 5.32 Å². The van der Waals surface area contributed by atoms with Crippen LogP contribution in [0.15, 0.2) is 28.5 Å². The lowest BCUT2D eigenvalue weighted by atomic mass is 9.71. The number of phenolic OH excluding ortho intramolecular Hbond substituents is 1. The molecule has 11 nitrogen and oxygen atoms in total. The quantitative estimate of drug-likeness (QED) is 0.381. The Morgan fingerprint density at radius 2 is 1.87 bits per heavy atom.